The van der Waals surface area contributed by atoms with Gasteiger partial charge in [0.05, 0.1) is 0 Å². The molecule has 0 aromatic heterocycles. The van der Waals surface area contributed by atoms with Crippen LogP contribution in [0.15, 0.2) is 18.2 Å². The minimum Gasteiger partial charge on any atom is -0.508 e. The van der Waals surface area contributed by atoms with Gasteiger partial charge in [0.1, 0.15) is 5.75 Å². The summed E-state index contributed by atoms with van der Waals surface area (Å²) in [6.45, 7) is 6.01. The van der Waals surface area contributed by atoms with Crippen LogP contribution in [0.2, 0.25) is 0 Å². The van der Waals surface area contributed by atoms with Crippen molar-refractivity contribution in [2.75, 3.05) is 12.8 Å². The van der Waals surface area contributed by atoms with Gasteiger partial charge < -0.3 is 10.4 Å². The van der Waals surface area contributed by atoms with Crippen molar-refractivity contribution in [1.29, 1.82) is 0 Å². The Morgan fingerprint density at radius 3 is 2.88 bits per heavy atom. The van der Waals surface area contributed by atoms with Crippen LogP contribution in [0.1, 0.15) is 24.5 Å². The van der Waals surface area contributed by atoms with E-state index in [9.17, 15) is 5.11 Å². The Kier molecular flexibility index (Phi) is 5.71. The highest BCUT2D eigenvalue weighted by atomic mass is 32.2. The lowest BCUT2D eigenvalue weighted by Crippen LogP contribution is -2.17. The summed E-state index contributed by atoms with van der Waals surface area (Å²) in [5.41, 5.74) is 2.17. The summed E-state index contributed by atoms with van der Waals surface area (Å²) >= 11 is 1.89. The monoisotopic (exact) mass is 239 g/mol. The van der Waals surface area contributed by atoms with E-state index < -0.39 is 0 Å². The summed E-state index contributed by atoms with van der Waals surface area (Å²) < 4.78 is 0. The molecular weight excluding hydrogens is 218 g/mol. The minimum atomic E-state index is 0.385. The van der Waals surface area contributed by atoms with E-state index in [-0.39, 0.29) is 0 Å². The smallest absolute Gasteiger partial charge is 0.120 e. The Labute approximate surface area is 102 Å². The van der Waals surface area contributed by atoms with Crippen molar-refractivity contribution in [2.45, 2.75) is 32.1 Å². The second kappa shape index (κ2) is 6.81. The first-order valence-corrected chi connectivity index (χ1v) is 6.94. The lowest BCUT2D eigenvalue weighted by atomic mass is 10.1. The maximum Gasteiger partial charge on any atom is 0.120 e. The van der Waals surface area contributed by atoms with Gasteiger partial charge in [-0.15, -0.1) is 0 Å². The number of aromatic hydroxyl groups is 1. The summed E-state index contributed by atoms with van der Waals surface area (Å²) in [6, 6.07) is 5.71. The Morgan fingerprint density at radius 2 is 2.19 bits per heavy atom. The van der Waals surface area contributed by atoms with Gasteiger partial charge in [-0.2, -0.15) is 11.8 Å². The van der Waals surface area contributed by atoms with E-state index >= 15 is 0 Å². The molecule has 2 N–H and O–H groups in total. The quantitative estimate of drug-likeness (QED) is 0.749. The van der Waals surface area contributed by atoms with Crippen molar-refractivity contribution < 1.29 is 5.11 Å². The van der Waals surface area contributed by atoms with E-state index in [4.69, 9.17) is 0 Å². The lowest BCUT2D eigenvalue weighted by Gasteiger charge is -2.10. The fourth-order valence-electron chi connectivity index (χ4n) is 1.50. The van der Waals surface area contributed by atoms with Crippen molar-refractivity contribution in [3.05, 3.63) is 29.3 Å². The molecule has 1 unspecified atom stereocenters. The van der Waals surface area contributed by atoms with Gasteiger partial charge in [0.25, 0.3) is 0 Å². The maximum atomic E-state index is 9.65. The van der Waals surface area contributed by atoms with Crippen molar-refractivity contribution in [1.82, 2.24) is 5.32 Å². The predicted octanol–water partition coefficient (Wildman–Crippen LogP) is 2.93. The first-order chi connectivity index (χ1) is 7.63. The number of hydrogen-bond acceptors (Lipinski definition) is 3. The van der Waals surface area contributed by atoms with Crippen molar-refractivity contribution >= 4 is 11.8 Å². The maximum absolute atomic E-state index is 9.65. The SMILES string of the molecule is CSC(C)CCNCc1cc(C)ccc1O. The molecule has 1 rings (SSSR count). The van der Waals surface area contributed by atoms with E-state index in [0.717, 1.165) is 25.1 Å². The van der Waals surface area contributed by atoms with Gasteiger partial charge in [0.15, 0.2) is 0 Å². The average molecular weight is 239 g/mol. The molecule has 0 aliphatic carbocycles. The molecule has 1 aromatic carbocycles. The first kappa shape index (κ1) is 13.4. The summed E-state index contributed by atoms with van der Waals surface area (Å²) in [5, 5.41) is 13.7. The third-order valence-corrected chi connectivity index (χ3v) is 3.72. The van der Waals surface area contributed by atoms with E-state index in [0.29, 0.717) is 11.0 Å². The van der Waals surface area contributed by atoms with Crippen LogP contribution >= 0.6 is 11.8 Å². The van der Waals surface area contributed by atoms with Crippen molar-refractivity contribution in [3.63, 3.8) is 0 Å². The molecule has 0 fully saturated rings. The molecule has 90 valence electrons. The van der Waals surface area contributed by atoms with E-state index in [1.165, 1.54) is 5.56 Å². The normalized spacial score (nSPS) is 12.7. The Morgan fingerprint density at radius 1 is 1.44 bits per heavy atom. The molecule has 2 nitrogen and oxygen atoms in total. The molecule has 0 saturated heterocycles. The third kappa shape index (κ3) is 4.45. The molecule has 0 aliphatic heterocycles. The van der Waals surface area contributed by atoms with Crippen LogP contribution in [-0.2, 0) is 6.54 Å². The highest BCUT2D eigenvalue weighted by Gasteiger charge is 2.02. The average Bonchev–Trinajstić information content (AvgIpc) is 2.28. The molecule has 1 aromatic rings. The zero-order valence-electron chi connectivity index (χ0n) is 10.3. The van der Waals surface area contributed by atoms with Crippen molar-refractivity contribution in [2.24, 2.45) is 0 Å². The molecular formula is C13H21NOS. The van der Waals surface area contributed by atoms with Gasteiger partial charge in [-0.3, -0.25) is 0 Å². The molecule has 0 radical (unpaired) electrons. The van der Waals surface area contributed by atoms with E-state index in [1.54, 1.807) is 6.07 Å². The molecule has 0 saturated carbocycles. The summed E-state index contributed by atoms with van der Waals surface area (Å²) in [5.74, 6) is 0.385. The zero-order chi connectivity index (χ0) is 12.0. The number of phenolic OH excluding ortho intramolecular Hbond substituents is 1. The summed E-state index contributed by atoms with van der Waals surface area (Å²) in [7, 11) is 0. The van der Waals surface area contributed by atoms with Gasteiger partial charge in [-0.05, 0) is 32.2 Å². The molecule has 0 spiro atoms. The van der Waals surface area contributed by atoms with Crippen LogP contribution in [0, 0.1) is 6.92 Å². The van der Waals surface area contributed by atoms with Crippen LogP contribution in [-0.4, -0.2) is 23.2 Å². The first-order valence-electron chi connectivity index (χ1n) is 5.65. The van der Waals surface area contributed by atoms with Gasteiger partial charge in [0, 0.05) is 17.4 Å². The summed E-state index contributed by atoms with van der Waals surface area (Å²) in [6.07, 6.45) is 3.30. The van der Waals surface area contributed by atoms with Crippen molar-refractivity contribution in [3.8, 4) is 5.75 Å². The second-order valence-corrected chi connectivity index (χ2v) is 5.42. The number of phenols is 1. The van der Waals surface area contributed by atoms with E-state index in [1.807, 2.05) is 30.8 Å². The Hall–Kier alpha value is -0.670. The van der Waals surface area contributed by atoms with Crippen LogP contribution in [0.4, 0.5) is 0 Å². The number of nitrogens with one attached hydrogen (secondary N) is 1. The van der Waals surface area contributed by atoms with Gasteiger partial charge >= 0.3 is 0 Å². The topological polar surface area (TPSA) is 32.3 Å². The number of thioether (sulfide) groups is 1. The molecule has 0 aliphatic rings. The van der Waals surface area contributed by atoms with Gasteiger partial charge in [-0.1, -0.05) is 24.6 Å². The Bertz CT molecular complexity index is 328. The van der Waals surface area contributed by atoms with Crippen LogP contribution < -0.4 is 5.32 Å². The number of aryl methyl sites for hydroxylation is 1. The standard InChI is InChI=1S/C13H21NOS/c1-10-4-5-13(15)12(8-10)9-14-7-6-11(2)16-3/h4-5,8,11,14-15H,6-7,9H2,1-3H3. The van der Waals surface area contributed by atoms with Crippen LogP contribution in [0.3, 0.4) is 0 Å². The molecule has 0 heterocycles. The second-order valence-electron chi connectivity index (χ2n) is 4.14. The third-order valence-electron chi connectivity index (χ3n) is 2.68. The number of benzene rings is 1. The van der Waals surface area contributed by atoms with E-state index in [2.05, 4.69) is 18.5 Å². The predicted molar refractivity (Wildman–Crippen MR) is 72.1 cm³/mol. The lowest BCUT2D eigenvalue weighted by molar-refractivity contribution is 0.464. The Balaban J connectivity index is 2.34. The number of hydrogen-bond donors (Lipinski definition) is 2. The number of rotatable bonds is 6. The van der Waals surface area contributed by atoms with Gasteiger partial charge in [0.2, 0.25) is 0 Å². The highest BCUT2D eigenvalue weighted by Crippen LogP contribution is 2.17. The summed E-state index contributed by atoms with van der Waals surface area (Å²) in [4.78, 5) is 0. The minimum absolute atomic E-state index is 0.385. The largest absolute Gasteiger partial charge is 0.508 e. The molecule has 1 atom stereocenters. The zero-order valence-corrected chi connectivity index (χ0v) is 11.1. The highest BCUT2D eigenvalue weighted by molar-refractivity contribution is 7.99. The van der Waals surface area contributed by atoms with Gasteiger partial charge in [-0.25, -0.2) is 0 Å². The fraction of sp³-hybridized carbons (Fsp3) is 0.538. The molecule has 0 amide bonds. The molecule has 0 bridgehead atoms. The molecule has 3 heteroatoms. The van der Waals surface area contributed by atoms with Crippen LogP contribution in [0.25, 0.3) is 0 Å². The fourth-order valence-corrected chi connectivity index (χ4v) is 1.86. The molecule has 16 heavy (non-hydrogen) atoms. The van der Waals surface area contributed by atoms with Crippen LogP contribution in [0.5, 0.6) is 5.75 Å².